The van der Waals surface area contributed by atoms with Crippen molar-refractivity contribution in [3.63, 3.8) is 0 Å². The lowest BCUT2D eigenvalue weighted by Crippen LogP contribution is -2.43. The predicted molar refractivity (Wildman–Crippen MR) is 109 cm³/mol. The highest BCUT2D eigenvalue weighted by Crippen LogP contribution is 2.49. The van der Waals surface area contributed by atoms with E-state index in [-0.39, 0.29) is 31.0 Å². The molecule has 3 aliphatic rings. The molecule has 4 heterocycles. The molecule has 3 atom stereocenters. The minimum atomic E-state index is -4.21. The van der Waals surface area contributed by atoms with Gasteiger partial charge in [0.2, 0.25) is 0 Å². The van der Waals surface area contributed by atoms with Gasteiger partial charge < -0.3 is 4.90 Å². The van der Waals surface area contributed by atoms with Gasteiger partial charge in [-0.2, -0.15) is 13.2 Å². The molecule has 2 amide bonds. The zero-order valence-corrected chi connectivity index (χ0v) is 16.8. The maximum atomic E-state index is 13.3. The van der Waals surface area contributed by atoms with Gasteiger partial charge in [-0.3, -0.25) is 10.2 Å². The average molecular weight is 432 g/mol. The van der Waals surface area contributed by atoms with E-state index in [2.05, 4.69) is 15.3 Å². The third-order valence-electron chi connectivity index (χ3n) is 6.57. The zero-order valence-electron chi connectivity index (χ0n) is 16.8. The Kier molecular flexibility index (Phi) is 4.94. The first-order chi connectivity index (χ1) is 14.9. The molecule has 2 aliphatic heterocycles. The predicted octanol–water partition coefficient (Wildman–Crippen LogP) is 4.34. The van der Waals surface area contributed by atoms with Crippen molar-refractivity contribution >= 4 is 23.5 Å². The summed E-state index contributed by atoms with van der Waals surface area (Å²) in [7, 11) is 0. The maximum Gasteiger partial charge on any atom is 0.393 e. The third kappa shape index (κ3) is 3.68. The summed E-state index contributed by atoms with van der Waals surface area (Å²) in [5.74, 6) is 0.286. The summed E-state index contributed by atoms with van der Waals surface area (Å²) >= 11 is 0. The molecule has 7 nitrogen and oxygen atoms in total. The number of fused-ring (bicyclic) bond motifs is 3. The van der Waals surface area contributed by atoms with Crippen LogP contribution in [0.1, 0.15) is 43.6 Å². The summed E-state index contributed by atoms with van der Waals surface area (Å²) in [5.41, 5.74) is 0.994. The minimum absolute atomic E-state index is 0.00358. The Labute approximate surface area is 177 Å². The van der Waals surface area contributed by atoms with Crippen LogP contribution in [0, 0.1) is 5.92 Å². The number of carbonyl (C=O) groups excluding carboxylic acids is 1. The van der Waals surface area contributed by atoms with Crippen LogP contribution in [0.25, 0.3) is 0 Å². The molecule has 164 valence electrons. The molecule has 1 N–H and O–H groups in total. The first-order valence-electron chi connectivity index (χ1n) is 10.6. The summed E-state index contributed by atoms with van der Waals surface area (Å²) < 4.78 is 39.8. The second-order valence-electron chi connectivity index (χ2n) is 8.41. The van der Waals surface area contributed by atoms with Crippen molar-refractivity contribution in [3.8, 4) is 0 Å². The van der Waals surface area contributed by atoms with E-state index in [0.717, 1.165) is 24.8 Å². The van der Waals surface area contributed by atoms with E-state index in [9.17, 15) is 18.0 Å². The number of piperidine rings is 1. The molecule has 0 bridgehead atoms. The number of carbonyl (C=O) groups is 1. The molecule has 0 spiro atoms. The molecule has 0 aromatic carbocycles. The van der Waals surface area contributed by atoms with Crippen molar-refractivity contribution in [2.45, 2.75) is 50.2 Å². The molecule has 2 aromatic rings. The van der Waals surface area contributed by atoms with Crippen molar-refractivity contribution < 1.29 is 18.0 Å². The molecule has 31 heavy (non-hydrogen) atoms. The van der Waals surface area contributed by atoms with Crippen LogP contribution in [-0.4, -0.2) is 46.3 Å². The molecule has 3 unspecified atom stereocenters. The number of pyridine rings is 1. The highest BCUT2D eigenvalue weighted by atomic mass is 19.4. The van der Waals surface area contributed by atoms with E-state index in [1.54, 1.807) is 28.1 Å². The van der Waals surface area contributed by atoms with Crippen LogP contribution in [0.5, 0.6) is 0 Å². The van der Waals surface area contributed by atoms with Gasteiger partial charge in [-0.1, -0.05) is 12.5 Å². The van der Waals surface area contributed by atoms with Crippen LogP contribution in [0.4, 0.5) is 35.4 Å². The topological polar surface area (TPSA) is 74.2 Å². The van der Waals surface area contributed by atoms with E-state index in [4.69, 9.17) is 4.98 Å². The number of hydrogen-bond donors (Lipinski definition) is 1. The molecule has 1 saturated carbocycles. The first kappa shape index (κ1) is 20.0. The first-order valence-corrected chi connectivity index (χ1v) is 10.6. The standard InChI is InChI=1S/C21H23F3N6O/c22-21(23,24)13-3-2-10-29(11-13)18-7-6-15-14-4-1-5-16(14)30(19(15)28-18)20(31)27-17-8-9-25-12-26-17/h6-9,12-14,16H,1-5,10-11H2,(H,25,26,27,31). The summed E-state index contributed by atoms with van der Waals surface area (Å²) in [5, 5.41) is 2.80. The van der Waals surface area contributed by atoms with Gasteiger partial charge in [0.15, 0.2) is 0 Å². The van der Waals surface area contributed by atoms with Gasteiger partial charge in [-0.25, -0.2) is 19.7 Å². The summed E-state index contributed by atoms with van der Waals surface area (Å²) in [4.78, 5) is 29.1. The Bertz CT molecular complexity index is 969. The van der Waals surface area contributed by atoms with Gasteiger partial charge in [0.05, 0.1) is 5.92 Å². The lowest BCUT2D eigenvalue weighted by Gasteiger charge is -2.35. The highest BCUT2D eigenvalue weighted by molar-refractivity contribution is 6.03. The number of hydrogen-bond acceptors (Lipinski definition) is 5. The number of anilines is 3. The van der Waals surface area contributed by atoms with Crippen molar-refractivity contribution in [2.75, 3.05) is 28.2 Å². The number of amides is 2. The van der Waals surface area contributed by atoms with E-state index < -0.39 is 12.1 Å². The van der Waals surface area contributed by atoms with Gasteiger partial charge in [0.25, 0.3) is 0 Å². The van der Waals surface area contributed by atoms with Crippen LogP contribution < -0.4 is 15.1 Å². The Morgan fingerprint density at radius 2 is 2.00 bits per heavy atom. The number of nitrogens with one attached hydrogen (secondary N) is 1. The Balaban J connectivity index is 1.44. The lowest BCUT2D eigenvalue weighted by molar-refractivity contribution is -0.176. The highest BCUT2D eigenvalue weighted by Gasteiger charge is 2.46. The molecular weight excluding hydrogens is 409 g/mol. The molecule has 0 radical (unpaired) electrons. The fourth-order valence-electron chi connectivity index (χ4n) is 5.11. The molecule has 5 rings (SSSR count). The number of alkyl halides is 3. The summed E-state index contributed by atoms with van der Waals surface area (Å²) in [6, 6.07) is 5.03. The van der Waals surface area contributed by atoms with Crippen LogP contribution in [0.15, 0.2) is 30.7 Å². The lowest BCUT2D eigenvalue weighted by atomic mass is 9.97. The van der Waals surface area contributed by atoms with Gasteiger partial charge >= 0.3 is 12.2 Å². The fraction of sp³-hybridized carbons (Fsp3) is 0.524. The zero-order chi connectivity index (χ0) is 21.6. The number of nitrogens with zero attached hydrogens (tertiary/aromatic N) is 5. The van der Waals surface area contributed by atoms with Crippen molar-refractivity contribution in [1.82, 2.24) is 15.0 Å². The molecule has 1 saturated heterocycles. The van der Waals surface area contributed by atoms with E-state index in [1.165, 1.54) is 6.33 Å². The number of halogens is 3. The number of aromatic nitrogens is 3. The minimum Gasteiger partial charge on any atom is -0.356 e. The van der Waals surface area contributed by atoms with E-state index >= 15 is 0 Å². The molecule has 2 fully saturated rings. The largest absolute Gasteiger partial charge is 0.393 e. The SMILES string of the molecule is O=C(Nc1ccncn1)N1c2nc(N3CCCC(C(F)(F)F)C3)ccc2C2CCCC21. The normalized spacial score (nSPS) is 25.3. The van der Waals surface area contributed by atoms with Gasteiger partial charge in [-0.05, 0) is 37.8 Å². The molecular formula is C21H23F3N6O. The number of urea groups is 1. The third-order valence-corrected chi connectivity index (χ3v) is 6.57. The second-order valence-corrected chi connectivity index (χ2v) is 8.41. The molecule has 1 aliphatic carbocycles. The van der Waals surface area contributed by atoms with Gasteiger partial charge in [0, 0.05) is 36.8 Å². The Morgan fingerprint density at radius 1 is 1.13 bits per heavy atom. The second kappa shape index (κ2) is 7.65. The van der Waals surface area contributed by atoms with Crippen LogP contribution >= 0.6 is 0 Å². The Hall–Kier alpha value is -2.91. The smallest absolute Gasteiger partial charge is 0.356 e. The molecule has 10 heteroatoms. The summed E-state index contributed by atoms with van der Waals surface area (Å²) in [6.45, 7) is 0.424. The van der Waals surface area contributed by atoms with Crippen LogP contribution in [-0.2, 0) is 0 Å². The maximum absolute atomic E-state index is 13.3. The van der Waals surface area contributed by atoms with Gasteiger partial charge in [-0.15, -0.1) is 0 Å². The van der Waals surface area contributed by atoms with E-state index in [1.807, 2.05) is 6.07 Å². The van der Waals surface area contributed by atoms with Crippen molar-refractivity contribution in [2.24, 2.45) is 5.92 Å². The van der Waals surface area contributed by atoms with Crippen LogP contribution in [0.3, 0.4) is 0 Å². The number of rotatable bonds is 2. The van der Waals surface area contributed by atoms with Crippen molar-refractivity contribution in [3.05, 3.63) is 36.3 Å². The van der Waals surface area contributed by atoms with Crippen molar-refractivity contribution in [1.29, 1.82) is 0 Å². The monoisotopic (exact) mass is 432 g/mol. The Morgan fingerprint density at radius 3 is 2.77 bits per heavy atom. The fourth-order valence-corrected chi connectivity index (χ4v) is 5.11. The quantitative estimate of drug-likeness (QED) is 0.764. The van der Waals surface area contributed by atoms with Gasteiger partial charge in [0.1, 0.15) is 23.8 Å². The van der Waals surface area contributed by atoms with E-state index in [0.29, 0.717) is 30.4 Å². The molecule has 2 aromatic heterocycles. The average Bonchev–Trinajstić information content (AvgIpc) is 3.34. The van der Waals surface area contributed by atoms with Crippen LogP contribution in [0.2, 0.25) is 0 Å². The summed E-state index contributed by atoms with van der Waals surface area (Å²) in [6.07, 6.45) is 2.15.